The molecule has 0 unspecified atom stereocenters. The number of terminal acetylenes is 1. The number of methoxy groups -OCH3 is 1. The number of carbonyl (C=O) groups excluding carboxylic acids is 1. The van der Waals surface area contributed by atoms with Gasteiger partial charge in [0, 0.05) is 28.3 Å². The maximum absolute atomic E-state index is 9.72. The monoisotopic (exact) mass is 191 g/mol. The molecule has 0 rings (SSSR count). The summed E-state index contributed by atoms with van der Waals surface area (Å²) < 4.78 is 4.02. The van der Waals surface area contributed by atoms with Crippen molar-refractivity contribution in [1.82, 2.24) is 0 Å². The van der Waals surface area contributed by atoms with Crippen molar-refractivity contribution in [2.75, 3.05) is 7.11 Å². The molecule has 0 saturated heterocycles. The summed E-state index contributed by atoms with van der Waals surface area (Å²) in [4.78, 5) is 9.72. The predicted molar refractivity (Wildman–Crippen MR) is 20.8 cm³/mol. The van der Waals surface area contributed by atoms with Gasteiger partial charge in [-0.2, -0.15) is 0 Å². The van der Waals surface area contributed by atoms with E-state index in [2.05, 4.69) is 11.2 Å². The molecule has 0 spiro atoms. The Balaban J connectivity index is 0. The second-order valence-electron chi connectivity index (χ2n) is 0.636. The number of hydrogen-bond acceptors (Lipinski definition) is 2. The van der Waals surface area contributed by atoms with Gasteiger partial charge in [-0.15, -0.1) is 6.42 Å². The van der Waals surface area contributed by atoms with Gasteiger partial charge in [-0.05, 0) is 0 Å². The summed E-state index contributed by atoms with van der Waals surface area (Å²) in [7, 11) is 1.24. The zero-order valence-corrected chi connectivity index (χ0v) is 5.18. The number of hydrogen-bond donors (Lipinski definition) is 0. The van der Waals surface area contributed by atoms with E-state index in [1.165, 1.54) is 7.11 Å². The molecule has 43 valence electrons. The fourth-order valence-electron chi connectivity index (χ4n) is 0.0589. The molecule has 0 aliphatic carbocycles. The van der Waals surface area contributed by atoms with Gasteiger partial charge in [-0.3, -0.25) is 0 Å². The first kappa shape index (κ1) is 9.91. The third kappa shape index (κ3) is 5.77. The Hall–Kier alpha value is -0.230. The van der Waals surface area contributed by atoms with Crippen molar-refractivity contribution in [3.05, 3.63) is 0 Å². The molecule has 0 aromatic carbocycles. The maximum atomic E-state index is 9.72. The average molecular weight is 192 g/mol. The summed E-state index contributed by atoms with van der Waals surface area (Å²) >= 11 is 0. The van der Waals surface area contributed by atoms with Crippen LogP contribution in [0.15, 0.2) is 0 Å². The van der Waals surface area contributed by atoms with Crippen molar-refractivity contribution in [3.8, 4) is 12.3 Å². The Morgan fingerprint density at radius 2 is 2.29 bits per heavy atom. The molecule has 0 aliphatic heterocycles. The van der Waals surface area contributed by atoms with Crippen LogP contribution in [0.5, 0.6) is 0 Å². The summed E-state index contributed by atoms with van der Waals surface area (Å²) in [6, 6.07) is 0. The number of rotatable bonds is 0. The van der Waals surface area contributed by atoms with Crippen molar-refractivity contribution < 1.29 is 31.9 Å². The predicted octanol–water partition coefficient (Wildman–Crippen LogP) is -0.210. The third-order valence-electron chi connectivity index (χ3n) is 0.303. The van der Waals surface area contributed by atoms with E-state index in [1.54, 1.807) is 5.92 Å². The Morgan fingerprint density at radius 1 is 1.86 bits per heavy atom. The molecule has 0 N–H and O–H groups in total. The SMILES string of the molecule is C#CC(=O)OC.[Ag]. The quantitative estimate of drug-likeness (QED) is 0.230. The molecule has 0 amide bonds. The number of carbonyl (C=O) groups is 1. The van der Waals surface area contributed by atoms with Crippen molar-refractivity contribution in [2.45, 2.75) is 0 Å². The van der Waals surface area contributed by atoms with Crippen LogP contribution < -0.4 is 0 Å². The molecule has 0 aromatic rings. The Labute approximate surface area is 57.7 Å². The van der Waals surface area contributed by atoms with E-state index in [0.29, 0.717) is 0 Å². The Bertz CT molecular complexity index is 92.4. The Kier molecular flexibility index (Phi) is 8.17. The molecule has 2 nitrogen and oxygen atoms in total. The van der Waals surface area contributed by atoms with Gasteiger partial charge in [0.15, 0.2) is 0 Å². The van der Waals surface area contributed by atoms with Gasteiger partial charge in [0.1, 0.15) is 0 Å². The van der Waals surface area contributed by atoms with Crippen LogP contribution in [0.1, 0.15) is 0 Å². The smallest absolute Gasteiger partial charge is 0.383 e. The summed E-state index contributed by atoms with van der Waals surface area (Å²) in [5.74, 6) is 1.12. The molecule has 0 bridgehead atoms. The first-order valence-corrected chi connectivity index (χ1v) is 1.36. The normalized spacial score (nSPS) is 5.14. The van der Waals surface area contributed by atoms with Crippen molar-refractivity contribution >= 4 is 5.97 Å². The summed E-state index contributed by atoms with van der Waals surface area (Å²) in [6.45, 7) is 0. The van der Waals surface area contributed by atoms with Crippen LogP contribution in [0.25, 0.3) is 0 Å². The van der Waals surface area contributed by atoms with Crippen molar-refractivity contribution in [2.24, 2.45) is 0 Å². The first-order valence-electron chi connectivity index (χ1n) is 1.36. The maximum Gasteiger partial charge on any atom is 0.383 e. The van der Waals surface area contributed by atoms with Crippen LogP contribution in [0.4, 0.5) is 0 Å². The minimum atomic E-state index is -0.630. The van der Waals surface area contributed by atoms with Crippen LogP contribution >= 0.6 is 0 Å². The second-order valence-corrected chi connectivity index (χ2v) is 0.636. The average Bonchev–Trinajstić information content (AvgIpc) is 1.65. The zero-order chi connectivity index (χ0) is 4.99. The molecule has 3 heteroatoms. The summed E-state index contributed by atoms with van der Waals surface area (Å²) in [6.07, 6.45) is 4.56. The Morgan fingerprint density at radius 3 is 2.29 bits per heavy atom. The molecular weight excluding hydrogens is 188 g/mol. The van der Waals surface area contributed by atoms with Gasteiger partial charge in [-0.1, -0.05) is 0 Å². The van der Waals surface area contributed by atoms with Gasteiger partial charge in [0.2, 0.25) is 0 Å². The van der Waals surface area contributed by atoms with Gasteiger partial charge in [0.25, 0.3) is 0 Å². The van der Waals surface area contributed by atoms with Crippen LogP contribution in [0, 0.1) is 12.3 Å². The van der Waals surface area contributed by atoms with E-state index >= 15 is 0 Å². The van der Waals surface area contributed by atoms with Gasteiger partial charge >= 0.3 is 5.97 Å². The van der Waals surface area contributed by atoms with Crippen LogP contribution in [0.2, 0.25) is 0 Å². The van der Waals surface area contributed by atoms with E-state index in [-0.39, 0.29) is 22.4 Å². The second kappa shape index (κ2) is 5.77. The van der Waals surface area contributed by atoms with Gasteiger partial charge in [0.05, 0.1) is 7.11 Å². The van der Waals surface area contributed by atoms with Gasteiger partial charge in [-0.25, -0.2) is 4.79 Å². The van der Waals surface area contributed by atoms with Crippen molar-refractivity contribution in [3.63, 3.8) is 0 Å². The zero-order valence-electron chi connectivity index (χ0n) is 3.70. The molecule has 0 heterocycles. The van der Waals surface area contributed by atoms with Crippen molar-refractivity contribution in [1.29, 1.82) is 0 Å². The summed E-state index contributed by atoms with van der Waals surface area (Å²) in [5, 5.41) is 0. The molecule has 1 radical (unpaired) electrons. The third-order valence-corrected chi connectivity index (χ3v) is 0.303. The topological polar surface area (TPSA) is 26.3 Å². The van der Waals surface area contributed by atoms with Crippen LogP contribution in [-0.4, -0.2) is 13.1 Å². The summed E-state index contributed by atoms with van der Waals surface area (Å²) in [5.41, 5.74) is 0. The molecule has 0 fully saturated rings. The van der Waals surface area contributed by atoms with E-state index in [9.17, 15) is 4.79 Å². The fourth-order valence-corrected chi connectivity index (χ4v) is 0.0589. The number of ether oxygens (including phenoxy) is 1. The van der Waals surface area contributed by atoms with E-state index in [0.717, 1.165) is 0 Å². The molecule has 0 saturated carbocycles. The van der Waals surface area contributed by atoms with Crippen LogP contribution in [0.3, 0.4) is 0 Å². The minimum Gasteiger partial charge on any atom is -0.459 e. The van der Waals surface area contributed by atoms with Gasteiger partial charge < -0.3 is 4.74 Å². The number of esters is 1. The molecule has 7 heavy (non-hydrogen) atoms. The standard InChI is InChI=1S/C4H4O2.Ag/c1-3-4(5)6-2;/h1H,2H3;. The van der Waals surface area contributed by atoms with E-state index in [4.69, 9.17) is 0 Å². The molecule has 0 atom stereocenters. The minimum absolute atomic E-state index is 0. The van der Waals surface area contributed by atoms with Crippen LogP contribution in [-0.2, 0) is 31.9 Å². The van der Waals surface area contributed by atoms with E-state index < -0.39 is 5.97 Å². The van der Waals surface area contributed by atoms with E-state index in [1.807, 2.05) is 0 Å². The molecule has 0 aliphatic rings. The fraction of sp³-hybridized carbons (Fsp3) is 0.250. The largest absolute Gasteiger partial charge is 0.459 e. The molecule has 0 aromatic heterocycles. The first-order chi connectivity index (χ1) is 2.81. The molecular formula is C4H4AgO2.